The lowest BCUT2D eigenvalue weighted by atomic mass is 9.41. The number of hydrogen-bond acceptors (Lipinski definition) is 4. The number of aliphatic hydroxyl groups excluding tert-OH is 1. The van der Waals surface area contributed by atoms with Crippen LogP contribution in [0.2, 0.25) is 0 Å². The fraction of sp³-hybridized carbons (Fsp3) is 1.00. The smallest absolute Gasteiger partial charge is 0.171 e. The summed E-state index contributed by atoms with van der Waals surface area (Å²) in [5, 5.41) is 22.3. The van der Waals surface area contributed by atoms with Crippen molar-refractivity contribution in [3.05, 3.63) is 0 Å². The summed E-state index contributed by atoms with van der Waals surface area (Å²) >= 11 is 0. The molecule has 0 radical (unpaired) electrons. The predicted octanol–water partition coefficient (Wildman–Crippen LogP) is 5.15. The molecule has 4 saturated carbocycles. The first-order chi connectivity index (χ1) is 15.0. The van der Waals surface area contributed by atoms with E-state index in [-0.39, 0.29) is 23.2 Å². The van der Waals surface area contributed by atoms with Crippen LogP contribution in [-0.4, -0.2) is 40.4 Å². The Morgan fingerprint density at radius 1 is 0.906 bits per heavy atom. The molecule has 7 unspecified atom stereocenters. The Kier molecular flexibility index (Phi) is 4.85. The number of ether oxygens (including phenoxy) is 2. The number of fused-ring (bicyclic) bond motifs is 7. The fourth-order valence-electron chi connectivity index (χ4n) is 10.7. The maximum absolute atomic E-state index is 11.9. The standard InChI is InChI=1S/C28H46O4/c1-16-6-11-28(31-15-16)18(3)24-23(32-28)13-22-20-12-17(2)27(30)14-19(29)7-10-26(27,5)21(20)8-9-25(22,24)4/h16-24,29-30H,6-15H2,1-5H3/t16-,17?,18-,19?,20?,21?,22?,23?,24?,25-,26+,27-,28+/m0/s1. The summed E-state index contributed by atoms with van der Waals surface area (Å²) < 4.78 is 13.4. The van der Waals surface area contributed by atoms with Crippen LogP contribution in [0.25, 0.3) is 0 Å². The van der Waals surface area contributed by atoms with Crippen LogP contribution >= 0.6 is 0 Å². The highest BCUT2D eigenvalue weighted by Gasteiger charge is 2.71. The summed E-state index contributed by atoms with van der Waals surface area (Å²) in [7, 11) is 0. The van der Waals surface area contributed by atoms with Gasteiger partial charge in [-0.2, -0.15) is 0 Å². The van der Waals surface area contributed by atoms with Crippen LogP contribution in [0.3, 0.4) is 0 Å². The summed E-state index contributed by atoms with van der Waals surface area (Å²) in [6, 6.07) is 0. The van der Waals surface area contributed by atoms with Crippen molar-refractivity contribution in [2.45, 2.75) is 116 Å². The number of rotatable bonds is 0. The van der Waals surface area contributed by atoms with Gasteiger partial charge >= 0.3 is 0 Å². The first-order valence-electron chi connectivity index (χ1n) is 13.8. The van der Waals surface area contributed by atoms with E-state index < -0.39 is 5.60 Å². The fourth-order valence-corrected chi connectivity index (χ4v) is 10.7. The first-order valence-corrected chi connectivity index (χ1v) is 13.8. The summed E-state index contributed by atoms with van der Waals surface area (Å²) in [5.41, 5.74) is -0.459. The molecule has 2 N–H and O–H groups in total. The van der Waals surface area contributed by atoms with Crippen LogP contribution in [0.15, 0.2) is 0 Å². The highest BCUT2D eigenvalue weighted by Crippen LogP contribution is 2.72. The Hall–Kier alpha value is -0.160. The van der Waals surface area contributed by atoms with Gasteiger partial charge in [-0.05, 0) is 91.3 Å². The molecular formula is C28H46O4. The minimum absolute atomic E-state index is 0.0656. The van der Waals surface area contributed by atoms with Crippen molar-refractivity contribution < 1.29 is 19.7 Å². The highest BCUT2D eigenvalue weighted by molar-refractivity contribution is 5.19. The van der Waals surface area contributed by atoms with Gasteiger partial charge in [-0.15, -0.1) is 0 Å². The van der Waals surface area contributed by atoms with Gasteiger partial charge in [0.15, 0.2) is 5.79 Å². The molecule has 6 aliphatic rings. The van der Waals surface area contributed by atoms with Gasteiger partial charge < -0.3 is 19.7 Å². The minimum atomic E-state index is -0.714. The molecular weight excluding hydrogens is 400 g/mol. The molecule has 13 atom stereocenters. The molecule has 4 nitrogen and oxygen atoms in total. The van der Waals surface area contributed by atoms with Gasteiger partial charge in [-0.3, -0.25) is 0 Å². The lowest BCUT2D eigenvalue weighted by Gasteiger charge is -2.66. The van der Waals surface area contributed by atoms with E-state index in [1.54, 1.807) is 0 Å². The van der Waals surface area contributed by atoms with Gasteiger partial charge in [0.2, 0.25) is 0 Å². The maximum atomic E-state index is 11.9. The largest absolute Gasteiger partial charge is 0.393 e. The summed E-state index contributed by atoms with van der Waals surface area (Å²) in [4.78, 5) is 0. The van der Waals surface area contributed by atoms with Gasteiger partial charge in [0, 0.05) is 18.8 Å². The Morgan fingerprint density at radius 3 is 2.41 bits per heavy atom. The van der Waals surface area contributed by atoms with Crippen LogP contribution in [0.4, 0.5) is 0 Å². The minimum Gasteiger partial charge on any atom is -0.393 e. The van der Waals surface area contributed by atoms with Crippen LogP contribution < -0.4 is 0 Å². The monoisotopic (exact) mass is 446 g/mol. The third-order valence-corrected chi connectivity index (χ3v) is 12.5. The maximum Gasteiger partial charge on any atom is 0.171 e. The van der Waals surface area contributed by atoms with Crippen molar-refractivity contribution in [1.82, 2.24) is 0 Å². The molecule has 4 aliphatic carbocycles. The zero-order valence-corrected chi connectivity index (χ0v) is 21.0. The number of hydrogen-bond donors (Lipinski definition) is 2. The zero-order chi connectivity index (χ0) is 22.7. The molecule has 4 heteroatoms. The highest BCUT2D eigenvalue weighted by atomic mass is 16.7. The molecule has 0 aromatic heterocycles. The molecule has 6 rings (SSSR count). The zero-order valence-electron chi connectivity index (χ0n) is 21.0. The Labute approximate surface area is 194 Å². The molecule has 0 bridgehead atoms. The second-order valence-corrected chi connectivity index (χ2v) is 13.8. The van der Waals surface area contributed by atoms with Crippen molar-refractivity contribution >= 4 is 0 Å². The molecule has 6 fully saturated rings. The average molecular weight is 447 g/mol. The molecule has 2 heterocycles. The van der Waals surface area contributed by atoms with Gasteiger partial charge in [-0.25, -0.2) is 0 Å². The van der Waals surface area contributed by atoms with Gasteiger partial charge in [0.25, 0.3) is 0 Å². The van der Waals surface area contributed by atoms with E-state index in [9.17, 15) is 10.2 Å². The molecule has 2 saturated heterocycles. The molecule has 0 amide bonds. The summed E-state index contributed by atoms with van der Waals surface area (Å²) in [5.74, 6) is 3.56. The van der Waals surface area contributed by atoms with E-state index in [0.29, 0.717) is 53.4 Å². The molecule has 2 aliphatic heterocycles. The average Bonchev–Trinajstić information content (AvgIpc) is 3.18. The van der Waals surface area contributed by atoms with E-state index in [4.69, 9.17) is 9.47 Å². The predicted molar refractivity (Wildman–Crippen MR) is 124 cm³/mol. The molecule has 0 aromatic carbocycles. The van der Waals surface area contributed by atoms with Crippen molar-refractivity contribution in [3.8, 4) is 0 Å². The SMILES string of the molecule is CC1CC2C3CC4O[C@]5(CC[C@H](C)CO5)[C@@H](C)C4[C@@]3(C)CCC2[C@@]2(C)CCC(O)C[C@]12O. The van der Waals surface area contributed by atoms with E-state index in [1.807, 2.05) is 0 Å². The second-order valence-electron chi connectivity index (χ2n) is 13.8. The third kappa shape index (κ3) is 2.65. The van der Waals surface area contributed by atoms with Crippen molar-refractivity contribution in [3.63, 3.8) is 0 Å². The lowest BCUT2D eigenvalue weighted by molar-refractivity contribution is -0.276. The van der Waals surface area contributed by atoms with E-state index in [0.717, 1.165) is 32.3 Å². The Balaban J connectivity index is 1.30. The molecule has 1 spiro atoms. The molecule has 32 heavy (non-hydrogen) atoms. The van der Waals surface area contributed by atoms with Crippen molar-refractivity contribution in [2.24, 2.45) is 52.3 Å². The van der Waals surface area contributed by atoms with Gasteiger partial charge in [-0.1, -0.05) is 34.6 Å². The quantitative estimate of drug-likeness (QED) is 0.540. The normalized spacial score (nSPS) is 64.0. The second kappa shape index (κ2) is 6.95. The van der Waals surface area contributed by atoms with Crippen LogP contribution in [-0.2, 0) is 9.47 Å². The summed E-state index contributed by atoms with van der Waals surface area (Å²) in [6.45, 7) is 12.8. The van der Waals surface area contributed by atoms with Gasteiger partial charge in [0.1, 0.15) is 0 Å². The van der Waals surface area contributed by atoms with E-state index in [2.05, 4.69) is 34.6 Å². The van der Waals surface area contributed by atoms with Crippen LogP contribution in [0.5, 0.6) is 0 Å². The van der Waals surface area contributed by atoms with E-state index >= 15 is 0 Å². The van der Waals surface area contributed by atoms with Crippen molar-refractivity contribution in [1.29, 1.82) is 0 Å². The topological polar surface area (TPSA) is 58.9 Å². The molecule has 0 aromatic rings. The van der Waals surface area contributed by atoms with Crippen LogP contribution in [0.1, 0.15) is 92.4 Å². The lowest BCUT2D eigenvalue weighted by Crippen LogP contribution is -2.66. The van der Waals surface area contributed by atoms with E-state index in [1.165, 1.54) is 25.7 Å². The Bertz CT molecular complexity index is 761. The first kappa shape index (κ1) is 22.3. The number of aliphatic hydroxyl groups is 2. The van der Waals surface area contributed by atoms with Crippen LogP contribution in [0, 0.1) is 52.3 Å². The van der Waals surface area contributed by atoms with Crippen molar-refractivity contribution in [2.75, 3.05) is 6.61 Å². The van der Waals surface area contributed by atoms with Gasteiger partial charge in [0.05, 0.1) is 24.4 Å². The third-order valence-electron chi connectivity index (χ3n) is 12.5. The Morgan fingerprint density at radius 2 is 1.69 bits per heavy atom. The molecule has 182 valence electrons. The summed E-state index contributed by atoms with van der Waals surface area (Å²) in [6.07, 6.45) is 9.42.